The van der Waals surface area contributed by atoms with Gasteiger partial charge in [-0.2, -0.15) is 0 Å². The molecule has 0 unspecified atom stereocenters. The predicted molar refractivity (Wildman–Crippen MR) is 63.2 cm³/mol. The maximum absolute atomic E-state index is 11.3. The molecular weight excluding hydrogens is 204 g/mol. The van der Waals surface area contributed by atoms with Crippen molar-refractivity contribution in [2.75, 3.05) is 6.61 Å². The lowest BCUT2D eigenvalue weighted by Crippen LogP contribution is -2.30. The van der Waals surface area contributed by atoms with Gasteiger partial charge in [-0.05, 0) is 30.5 Å². The Morgan fingerprint density at radius 3 is 2.75 bits per heavy atom. The van der Waals surface area contributed by atoms with E-state index in [0.717, 1.165) is 11.3 Å². The molecule has 1 aromatic rings. The zero-order valence-corrected chi connectivity index (χ0v) is 9.91. The number of nitrogens with one attached hydrogen (secondary N) is 1. The summed E-state index contributed by atoms with van der Waals surface area (Å²) in [4.78, 5) is 11.3. The van der Waals surface area contributed by atoms with Crippen LogP contribution in [0.1, 0.15) is 29.8 Å². The Morgan fingerprint density at radius 1 is 1.50 bits per heavy atom. The molecule has 1 rings (SSSR count). The summed E-state index contributed by atoms with van der Waals surface area (Å²) in [5.74, 6) is 5.94. The number of hydrogen-bond donors (Lipinski definition) is 2. The Bertz CT molecular complexity index is 375. The first-order chi connectivity index (χ1) is 7.54. The van der Waals surface area contributed by atoms with Gasteiger partial charge >= 0.3 is 0 Å². The van der Waals surface area contributed by atoms with Crippen LogP contribution in [0.4, 0.5) is 0 Å². The molecule has 16 heavy (non-hydrogen) atoms. The van der Waals surface area contributed by atoms with Gasteiger partial charge < -0.3 is 4.74 Å². The van der Waals surface area contributed by atoms with Crippen LogP contribution >= 0.6 is 0 Å². The third-order valence-electron chi connectivity index (χ3n) is 2.15. The van der Waals surface area contributed by atoms with Gasteiger partial charge in [-0.1, -0.05) is 19.9 Å². The van der Waals surface area contributed by atoms with Crippen molar-refractivity contribution in [2.45, 2.75) is 20.8 Å². The topological polar surface area (TPSA) is 64.4 Å². The van der Waals surface area contributed by atoms with Gasteiger partial charge in [0.2, 0.25) is 0 Å². The number of benzene rings is 1. The molecule has 0 spiro atoms. The van der Waals surface area contributed by atoms with Crippen LogP contribution in [-0.4, -0.2) is 12.5 Å². The van der Waals surface area contributed by atoms with Crippen molar-refractivity contribution in [1.82, 2.24) is 5.43 Å². The predicted octanol–water partition coefficient (Wildman–Crippen LogP) is 1.63. The van der Waals surface area contributed by atoms with Crippen LogP contribution in [-0.2, 0) is 0 Å². The number of amides is 1. The third-order valence-corrected chi connectivity index (χ3v) is 2.15. The molecule has 0 aromatic heterocycles. The zero-order valence-electron chi connectivity index (χ0n) is 9.91. The lowest BCUT2D eigenvalue weighted by atomic mass is 10.1. The SMILES string of the molecule is Cc1ccc(C(=O)NN)cc1OCC(C)C. The highest BCUT2D eigenvalue weighted by atomic mass is 16.5. The monoisotopic (exact) mass is 222 g/mol. The standard InChI is InChI=1S/C12H18N2O2/c1-8(2)7-16-11-6-10(12(15)14-13)5-4-9(11)3/h4-6,8H,7,13H2,1-3H3,(H,14,15). The lowest BCUT2D eigenvalue weighted by molar-refractivity contribution is 0.0953. The average molecular weight is 222 g/mol. The van der Waals surface area contributed by atoms with Crippen LogP contribution in [0, 0.1) is 12.8 Å². The fourth-order valence-corrected chi connectivity index (χ4v) is 1.24. The van der Waals surface area contributed by atoms with Gasteiger partial charge in [-0.25, -0.2) is 5.84 Å². The van der Waals surface area contributed by atoms with Crippen LogP contribution < -0.4 is 16.0 Å². The summed E-state index contributed by atoms with van der Waals surface area (Å²) in [5.41, 5.74) is 3.61. The first-order valence-corrected chi connectivity index (χ1v) is 5.29. The first kappa shape index (κ1) is 12.5. The second-order valence-corrected chi connectivity index (χ2v) is 4.16. The van der Waals surface area contributed by atoms with Crippen molar-refractivity contribution >= 4 is 5.91 Å². The van der Waals surface area contributed by atoms with Gasteiger partial charge in [0.05, 0.1) is 6.61 Å². The van der Waals surface area contributed by atoms with Crippen LogP contribution in [0.2, 0.25) is 0 Å². The molecule has 4 heteroatoms. The smallest absolute Gasteiger partial charge is 0.265 e. The Balaban J connectivity index is 2.86. The third kappa shape index (κ3) is 3.24. The van der Waals surface area contributed by atoms with E-state index in [2.05, 4.69) is 19.3 Å². The summed E-state index contributed by atoms with van der Waals surface area (Å²) in [6.07, 6.45) is 0. The van der Waals surface area contributed by atoms with Crippen LogP contribution in [0.5, 0.6) is 5.75 Å². The molecule has 0 bridgehead atoms. The maximum Gasteiger partial charge on any atom is 0.265 e. The van der Waals surface area contributed by atoms with Crippen molar-refractivity contribution in [1.29, 1.82) is 0 Å². The fourth-order valence-electron chi connectivity index (χ4n) is 1.24. The fraction of sp³-hybridized carbons (Fsp3) is 0.417. The molecule has 3 N–H and O–H groups in total. The highest BCUT2D eigenvalue weighted by molar-refractivity contribution is 5.94. The molecule has 4 nitrogen and oxygen atoms in total. The summed E-state index contributed by atoms with van der Waals surface area (Å²) in [7, 11) is 0. The molecular formula is C12H18N2O2. The molecule has 0 fully saturated rings. The second-order valence-electron chi connectivity index (χ2n) is 4.16. The number of hydrazine groups is 1. The van der Waals surface area contributed by atoms with E-state index in [-0.39, 0.29) is 5.91 Å². The molecule has 1 aromatic carbocycles. The number of ether oxygens (including phenoxy) is 1. The van der Waals surface area contributed by atoms with Gasteiger partial charge in [0, 0.05) is 5.56 Å². The van der Waals surface area contributed by atoms with E-state index in [4.69, 9.17) is 10.6 Å². The molecule has 0 aliphatic rings. The van der Waals surface area contributed by atoms with E-state index in [0.29, 0.717) is 18.1 Å². The zero-order chi connectivity index (χ0) is 12.1. The maximum atomic E-state index is 11.3. The minimum absolute atomic E-state index is 0.311. The number of hydrogen-bond acceptors (Lipinski definition) is 3. The van der Waals surface area contributed by atoms with Crippen molar-refractivity contribution in [3.63, 3.8) is 0 Å². The number of aryl methyl sites for hydroxylation is 1. The van der Waals surface area contributed by atoms with Gasteiger partial charge in [0.15, 0.2) is 0 Å². The Hall–Kier alpha value is -1.55. The van der Waals surface area contributed by atoms with Crippen molar-refractivity contribution in [3.05, 3.63) is 29.3 Å². The van der Waals surface area contributed by atoms with Crippen molar-refractivity contribution < 1.29 is 9.53 Å². The Kier molecular flexibility index (Phi) is 4.31. The highest BCUT2D eigenvalue weighted by Crippen LogP contribution is 2.20. The molecule has 0 radical (unpaired) electrons. The number of carbonyl (C=O) groups is 1. The number of nitrogen functional groups attached to an aromatic ring is 1. The molecule has 0 saturated heterocycles. The van der Waals surface area contributed by atoms with E-state index in [1.54, 1.807) is 12.1 Å². The quantitative estimate of drug-likeness (QED) is 0.462. The number of rotatable bonds is 4. The van der Waals surface area contributed by atoms with Gasteiger partial charge in [-0.3, -0.25) is 10.2 Å². The molecule has 0 aliphatic heterocycles. The van der Waals surface area contributed by atoms with E-state index in [9.17, 15) is 4.79 Å². The molecule has 0 aliphatic carbocycles. The molecule has 0 saturated carbocycles. The number of nitrogens with two attached hydrogens (primary N) is 1. The number of carbonyl (C=O) groups excluding carboxylic acids is 1. The van der Waals surface area contributed by atoms with Crippen LogP contribution in [0.3, 0.4) is 0 Å². The van der Waals surface area contributed by atoms with Crippen molar-refractivity contribution in [2.24, 2.45) is 11.8 Å². The van der Waals surface area contributed by atoms with E-state index in [1.807, 2.05) is 13.0 Å². The summed E-state index contributed by atoms with van der Waals surface area (Å²) in [6.45, 7) is 6.73. The minimum Gasteiger partial charge on any atom is -0.493 e. The largest absolute Gasteiger partial charge is 0.493 e. The normalized spacial score (nSPS) is 10.3. The minimum atomic E-state index is -0.311. The summed E-state index contributed by atoms with van der Waals surface area (Å²) < 4.78 is 5.61. The highest BCUT2D eigenvalue weighted by Gasteiger charge is 2.07. The summed E-state index contributed by atoms with van der Waals surface area (Å²) in [5, 5.41) is 0. The second kappa shape index (κ2) is 5.51. The van der Waals surface area contributed by atoms with Crippen LogP contribution in [0.25, 0.3) is 0 Å². The summed E-state index contributed by atoms with van der Waals surface area (Å²) >= 11 is 0. The van der Waals surface area contributed by atoms with E-state index >= 15 is 0 Å². The van der Waals surface area contributed by atoms with E-state index in [1.165, 1.54) is 0 Å². The summed E-state index contributed by atoms with van der Waals surface area (Å²) in [6, 6.07) is 5.28. The van der Waals surface area contributed by atoms with Gasteiger partial charge in [-0.15, -0.1) is 0 Å². The van der Waals surface area contributed by atoms with Crippen molar-refractivity contribution in [3.8, 4) is 5.75 Å². The van der Waals surface area contributed by atoms with Crippen LogP contribution in [0.15, 0.2) is 18.2 Å². The first-order valence-electron chi connectivity index (χ1n) is 5.29. The van der Waals surface area contributed by atoms with Gasteiger partial charge in [0.25, 0.3) is 5.91 Å². The molecule has 88 valence electrons. The molecule has 1 amide bonds. The van der Waals surface area contributed by atoms with Gasteiger partial charge in [0.1, 0.15) is 5.75 Å². The van der Waals surface area contributed by atoms with E-state index < -0.39 is 0 Å². The Morgan fingerprint density at radius 2 is 2.19 bits per heavy atom. The molecule has 0 heterocycles. The molecule has 0 atom stereocenters. The Labute approximate surface area is 95.8 Å². The average Bonchev–Trinajstić information content (AvgIpc) is 2.26. The lowest BCUT2D eigenvalue weighted by Gasteiger charge is -2.12.